The van der Waals surface area contributed by atoms with Crippen molar-refractivity contribution in [3.63, 3.8) is 0 Å². The van der Waals surface area contributed by atoms with Gasteiger partial charge in [0.2, 0.25) is 0 Å². The van der Waals surface area contributed by atoms with Crippen molar-refractivity contribution in [3.8, 4) is 0 Å². The Morgan fingerprint density at radius 1 is 1.43 bits per heavy atom. The van der Waals surface area contributed by atoms with Gasteiger partial charge in [0, 0.05) is 38.8 Å². The van der Waals surface area contributed by atoms with Crippen LogP contribution in [0.4, 0.5) is 0 Å². The Morgan fingerprint density at radius 3 is 2.67 bits per heavy atom. The number of piperidine rings is 1. The van der Waals surface area contributed by atoms with Crippen LogP contribution in [0, 0.1) is 0 Å². The molecule has 0 aromatic carbocycles. The number of likely N-dealkylation sites (tertiary alicyclic amines) is 1. The number of aryl methyl sites for hydroxylation is 1. The van der Waals surface area contributed by atoms with Crippen LogP contribution in [0.25, 0.3) is 0 Å². The first-order chi connectivity index (χ1) is 9.95. The topological polar surface area (TPSA) is 67.2 Å². The van der Waals surface area contributed by atoms with Crippen LogP contribution in [0.5, 0.6) is 0 Å². The van der Waals surface area contributed by atoms with Crippen LogP contribution < -0.4 is 10.9 Å². The van der Waals surface area contributed by atoms with Crippen molar-refractivity contribution in [3.05, 3.63) is 40.3 Å². The SMILES string of the molecule is C=C(C)CN1CCC(NC(=O)c2ccc(=O)n(C)n2)CC1. The van der Waals surface area contributed by atoms with E-state index in [2.05, 4.69) is 21.9 Å². The molecule has 1 N–H and O–H groups in total. The predicted octanol–water partition coefficient (Wildman–Crippen LogP) is 0.551. The minimum atomic E-state index is -0.223. The van der Waals surface area contributed by atoms with Crippen LogP contribution >= 0.6 is 0 Å². The van der Waals surface area contributed by atoms with Gasteiger partial charge in [-0.3, -0.25) is 14.5 Å². The summed E-state index contributed by atoms with van der Waals surface area (Å²) in [5.74, 6) is -0.219. The van der Waals surface area contributed by atoms with E-state index in [9.17, 15) is 9.59 Å². The highest BCUT2D eigenvalue weighted by Crippen LogP contribution is 2.12. The highest BCUT2D eigenvalue weighted by Gasteiger charge is 2.21. The zero-order valence-electron chi connectivity index (χ0n) is 12.6. The molecule has 0 aliphatic carbocycles. The number of aromatic nitrogens is 2. The van der Waals surface area contributed by atoms with E-state index < -0.39 is 0 Å². The summed E-state index contributed by atoms with van der Waals surface area (Å²) in [6.07, 6.45) is 1.84. The number of rotatable bonds is 4. The second-order valence-electron chi connectivity index (χ2n) is 5.66. The Labute approximate surface area is 124 Å². The minimum Gasteiger partial charge on any atom is -0.348 e. The number of hydrogen-bond acceptors (Lipinski definition) is 4. The lowest BCUT2D eigenvalue weighted by molar-refractivity contribution is 0.0906. The summed E-state index contributed by atoms with van der Waals surface area (Å²) in [6.45, 7) is 8.78. The first-order valence-electron chi connectivity index (χ1n) is 7.17. The van der Waals surface area contributed by atoms with Crippen molar-refractivity contribution >= 4 is 5.91 Å². The Bertz CT molecular complexity index is 586. The van der Waals surface area contributed by atoms with Gasteiger partial charge in [0.1, 0.15) is 5.69 Å². The van der Waals surface area contributed by atoms with Gasteiger partial charge in [0.15, 0.2) is 0 Å². The number of carbonyl (C=O) groups excluding carboxylic acids is 1. The van der Waals surface area contributed by atoms with E-state index in [1.807, 2.05) is 6.92 Å². The average Bonchev–Trinajstić information content (AvgIpc) is 2.43. The molecule has 0 saturated carbocycles. The highest BCUT2D eigenvalue weighted by molar-refractivity contribution is 5.92. The van der Waals surface area contributed by atoms with Crippen molar-refractivity contribution < 1.29 is 4.79 Å². The number of carbonyl (C=O) groups is 1. The third-order valence-corrected chi connectivity index (χ3v) is 3.61. The van der Waals surface area contributed by atoms with E-state index in [0.717, 1.165) is 38.0 Å². The maximum absolute atomic E-state index is 12.1. The summed E-state index contributed by atoms with van der Waals surface area (Å²) in [4.78, 5) is 25.7. The largest absolute Gasteiger partial charge is 0.348 e. The second-order valence-corrected chi connectivity index (χ2v) is 5.66. The fourth-order valence-electron chi connectivity index (χ4n) is 2.50. The van der Waals surface area contributed by atoms with E-state index in [-0.39, 0.29) is 23.2 Å². The molecule has 1 aliphatic rings. The van der Waals surface area contributed by atoms with E-state index in [4.69, 9.17) is 0 Å². The van der Waals surface area contributed by atoms with Crippen molar-refractivity contribution in [2.75, 3.05) is 19.6 Å². The van der Waals surface area contributed by atoms with Crippen LogP contribution in [-0.2, 0) is 7.05 Å². The lowest BCUT2D eigenvalue weighted by Crippen LogP contribution is -2.45. The van der Waals surface area contributed by atoms with Crippen molar-refractivity contribution in [1.82, 2.24) is 20.0 Å². The van der Waals surface area contributed by atoms with Crippen LogP contribution in [0.15, 0.2) is 29.1 Å². The summed E-state index contributed by atoms with van der Waals surface area (Å²) < 4.78 is 1.17. The normalized spacial score (nSPS) is 16.7. The second kappa shape index (κ2) is 6.67. The third kappa shape index (κ3) is 4.26. The quantitative estimate of drug-likeness (QED) is 0.822. The maximum Gasteiger partial charge on any atom is 0.271 e. The molecule has 1 aliphatic heterocycles. The highest BCUT2D eigenvalue weighted by atomic mass is 16.2. The molecule has 0 spiro atoms. The summed E-state index contributed by atoms with van der Waals surface area (Å²) >= 11 is 0. The molecule has 1 aromatic heterocycles. The van der Waals surface area contributed by atoms with Gasteiger partial charge in [-0.05, 0) is 25.8 Å². The predicted molar refractivity (Wildman–Crippen MR) is 81.2 cm³/mol. The van der Waals surface area contributed by atoms with Gasteiger partial charge in [0.05, 0.1) is 0 Å². The zero-order valence-corrected chi connectivity index (χ0v) is 12.6. The van der Waals surface area contributed by atoms with Gasteiger partial charge in [-0.2, -0.15) is 5.10 Å². The molecule has 2 heterocycles. The molecular formula is C15H22N4O2. The molecule has 1 saturated heterocycles. The molecule has 0 radical (unpaired) electrons. The van der Waals surface area contributed by atoms with Gasteiger partial charge < -0.3 is 5.32 Å². The lowest BCUT2D eigenvalue weighted by Gasteiger charge is -2.32. The Morgan fingerprint density at radius 2 is 2.10 bits per heavy atom. The number of hydrogen-bond donors (Lipinski definition) is 1. The molecule has 1 aromatic rings. The fraction of sp³-hybridized carbons (Fsp3) is 0.533. The van der Waals surface area contributed by atoms with Gasteiger partial charge in [-0.25, -0.2) is 4.68 Å². The first kappa shape index (κ1) is 15.4. The van der Waals surface area contributed by atoms with Crippen molar-refractivity contribution in [2.24, 2.45) is 7.05 Å². The average molecular weight is 290 g/mol. The smallest absolute Gasteiger partial charge is 0.271 e. The molecule has 1 amide bonds. The number of nitrogens with zero attached hydrogens (tertiary/aromatic N) is 3. The standard InChI is InChI=1S/C15H22N4O2/c1-11(2)10-19-8-6-12(7-9-19)16-15(21)13-4-5-14(20)18(3)17-13/h4-5,12H,1,6-10H2,2-3H3,(H,16,21). The zero-order chi connectivity index (χ0) is 15.4. The molecule has 2 rings (SSSR count). The Hall–Kier alpha value is -1.95. The minimum absolute atomic E-state index is 0.165. The molecular weight excluding hydrogens is 268 g/mol. The molecule has 0 bridgehead atoms. The first-order valence-corrected chi connectivity index (χ1v) is 7.17. The molecule has 21 heavy (non-hydrogen) atoms. The Kier molecular flexibility index (Phi) is 4.90. The molecule has 0 unspecified atom stereocenters. The Balaban J connectivity index is 1.88. The molecule has 114 valence electrons. The summed E-state index contributed by atoms with van der Waals surface area (Å²) in [5, 5.41) is 6.95. The van der Waals surface area contributed by atoms with Crippen molar-refractivity contribution in [2.45, 2.75) is 25.8 Å². The third-order valence-electron chi connectivity index (χ3n) is 3.61. The number of nitrogens with one attached hydrogen (secondary N) is 1. The van der Waals surface area contributed by atoms with Crippen LogP contribution in [0.3, 0.4) is 0 Å². The van der Waals surface area contributed by atoms with Gasteiger partial charge in [-0.15, -0.1) is 0 Å². The maximum atomic E-state index is 12.1. The van der Waals surface area contributed by atoms with Crippen LogP contribution in [-0.4, -0.2) is 46.3 Å². The summed E-state index contributed by atoms with van der Waals surface area (Å²) in [6, 6.07) is 2.99. The number of amides is 1. The molecule has 0 atom stereocenters. The molecule has 1 fully saturated rings. The molecule has 6 heteroatoms. The van der Waals surface area contributed by atoms with Crippen molar-refractivity contribution in [1.29, 1.82) is 0 Å². The van der Waals surface area contributed by atoms with Crippen LogP contribution in [0.2, 0.25) is 0 Å². The summed E-state index contributed by atoms with van der Waals surface area (Å²) in [5.41, 5.74) is 1.22. The van der Waals surface area contributed by atoms with E-state index >= 15 is 0 Å². The van der Waals surface area contributed by atoms with E-state index in [1.165, 1.54) is 23.9 Å². The summed E-state index contributed by atoms with van der Waals surface area (Å²) in [7, 11) is 1.54. The van der Waals surface area contributed by atoms with Gasteiger partial charge in [-0.1, -0.05) is 12.2 Å². The van der Waals surface area contributed by atoms with Crippen LogP contribution in [0.1, 0.15) is 30.3 Å². The molecule has 6 nitrogen and oxygen atoms in total. The fourth-order valence-corrected chi connectivity index (χ4v) is 2.50. The van der Waals surface area contributed by atoms with E-state index in [0.29, 0.717) is 0 Å². The van der Waals surface area contributed by atoms with Gasteiger partial charge in [0.25, 0.3) is 11.5 Å². The monoisotopic (exact) mass is 290 g/mol. The van der Waals surface area contributed by atoms with E-state index in [1.54, 1.807) is 0 Å². The lowest BCUT2D eigenvalue weighted by atomic mass is 10.0. The van der Waals surface area contributed by atoms with Gasteiger partial charge >= 0.3 is 0 Å².